The predicted molar refractivity (Wildman–Crippen MR) is 83.1 cm³/mol. The molecule has 4 heterocycles. The molecule has 0 radical (unpaired) electrons. The fourth-order valence-corrected chi connectivity index (χ4v) is 3.26. The molecule has 0 N–H and O–H groups in total. The Morgan fingerprint density at radius 2 is 2.22 bits per heavy atom. The van der Waals surface area contributed by atoms with Gasteiger partial charge in [-0.05, 0) is 0 Å². The molecule has 0 bridgehead atoms. The summed E-state index contributed by atoms with van der Waals surface area (Å²) in [4.78, 5) is 11.0. The SMILES string of the molecule is Cn1cc(CN2Cc3nccn3CC(Cn3cncn3)C2)cn1. The first-order chi connectivity index (χ1) is 11.3. The number of rotatable bonds is 4. The highest BCUT2D eigenvalue weighted by atomic mass is 15.3. The third kappa shape index (κ3) is 3.16. The molecule has 0 saturated heterocycles. The monoisotopic (exact) mass is 312 g/mol. The maximum absolute atomic E-state index is 4.51. The predicted octanol–water partition coefficient (Wildman–Crippen LogP) is 0.540. The van der Waals surface area contributed by atoms with E-state index in [1.54, 1.807) is 12.7 Å². The van der Waals surface area contributed by atoms with Gasteiger partial charge >= 0.3 is 0 Å². The van der Waals surface area contributed by atoms with Gasteiger partial charge in [0.1, 0.15) is 18.5 Å². The van der Waals surface area contributed by atoms with Crippen LogP contribution in [0.2, 0.25) is 0 Å². The Labute approximate surface area is 134 Å². The average Bonchev–Trinajstić information content (AvgIpc) is 3.23. The zero-order chi connectivity index (χ0) is 15.6. The van der Waals surface area contributed by atoms with Crippen LogP contribution in [-0.4, -0.2) is 45.5 Å². The smallest absolute Gasteiger partial charge is 0.137 e. The zero-order valence-corrected chi connectivity index (χ0v) is 13.2. The van der Waals surface area contributed by atoms with Gasteiger partial charge in [-0.25, -0.2) is 9.97 Å². The molecule has 120 valence electrons. The molecule has 4 rings (SSSR count). The number of aromatic nitrogens is 7. The van der Waals surface area contributed by atoms with Crippen molar-refractivity contribution in [2.45, 2.75) is 26.2 Å². The van der Waals surface area contributed by atoms with Crippen molar-refractivity contribution >= 4 is 0 Å². The van der Waals surface area contributed by atoms with Gasteiger partial charge in [-0.15, -0.1) is 0 Å². The largest absolute Gasteiger partial charge is 0.333 e. The number of aryl methyl sites for hydroxylation is 1. The second-order valence-electron chi connectivity index (χ2n) is 6.17. The first kappa shape index (κ1) is 14.1. The van der Waals surface area contributed by atoms with Gasteiger partial charge in [0.2, 0.25) is 0 Å². The molecule has 8 nitrogen and oxygen atoms in total. The summed E-state index contributed by atoms with van der Waals surface area (Å²) >= 11 is 0. The van der Waals surface area contributed by atoms with E-state index in [4.69, 9.17) is 0 Å². The third-order valence-electron chi connectivity index (χ3n) is 4.21. The fraction of sp³-hybridized carbons (Fsp3) is 0.467. The molecule has 1 aliphatic rings. The van der Waals surface area contributed by atoms with Crippen LogP contribution in [0.15, 0.2) is 37.4 Å². The lowest BCUT2D eigenvalue weighted by Crippen LogP contribution is -2.30. The van der Waals surface area contributed by atoms with Crippen molar-refractivity contribution in [3.05, 3.63) is 48.8 Å². The summed E-state index contributed by atoms with van der Waals surface area (Å²) in [5, 5.41) is 8.51. The topological polar surface area (TPSA) is 69.6 Å². The van der Waals surface area contributed by atoms with E-state index in [0.29, 0.717) is 5.92 Å². The van der Waals surface area contributed by atoms with Crippen molar-refractivity contribution in [3.63, 3.8) is 0 Å². The highest BCUT2D eigenvalue weighted by Crippen LogP contribution is 2.18. The molecular formula is C15H20N8. The van der Waals surface area contributed by atoms with Crippen LogP contribution in [0.25, 0.3) is 0 Å². The lowest BCUT2D eigenvalue weighted by molar-refractivity contribution is 0.205. The molecule has 0 spiro atoms. The minimum Gasteiger partial charge on any atom is -0.333 e. The van der Waals surface area contributed by atoms with E-state index in [1.165, 1.54) is 5.56 Å². The van der Waals surface area contributed by atoms with E-state index in [9.17, 15) is 0 Å². The fourth-order valence-electron chi connectivity index (χ4n) is 3.26. The number of imidazole rings is 1. The third-order valence-corrected chi connectivity index (χ3v) is 4.21. The standard InChI is InChI=1S/C15H20N8/c1-20-5-13(4-18-20)6-21-7-14(9-23-12-16-11-19-23)8-22-3-2-17-15(22)10-21/h2-5,11-12,14H,6-10H2,1H3. The summed E-state index contributed by atoms with van der Waals surface area (Å²) in [5.41, 5.74) is 1.23. The van der Waals surface area contributed by atoms with Gasteiger partial charge in [-0.2, -0.15) is 10.2 Å². The molecule has 0 aliphatic carbocycles. The van der Waals surface area contributed by atoms with Crippen LogP contribution in [0.4, 0.5) is 0 Å². The maximum atomic E-state index is 4.51. The van der Waals surface area contributed by atoms with Crippen molar-refractivity contribution in [3.8, 4) is 0 Å². The molecule has 0 fully saturated rings. The quantitative estimate of drug-likeness (QED) is 0.703. The van der Waals surface area contributed by atoms with E-state index in [2.05, 4.69) is 42.0 Å². The summed E-state index contributed by atoms with van der Waals surface area (Å²) in [6.45, 7) is 4.56. The zero-order valence-electron chi connectivity index (χ0n) is 13.2. The van der Waals surface area contributed by atoms with Crippen molar-refractivity contribution in [1.29, 1.82) is 0 Å². The second kappa shape index (κ2) is 5.96. The summed E-state index contributed by atoms with van der Waals surface area (Å²) in [5.74, 6) is 1.58. The Morgan fingerprint density at radius 3 is 3.00 bits per heavy atom. The lowest BCUT2D eigenvalue weighted by atomic mass is 10.1. The van der Waals surface area contributed by atoms with E-state index in [-0.39, 0.29) is 0 Å². The second-order valence-corrected chi connectivity index (χ2v) is 6.17. The maximum Gasteiger partial charge on any atom is 0.137 e. The Kier molecular flexibility index (Phi) is 3.66. The molecule has 23 heavy (non-hydrogen) atoms. The minimum absolute atomic E-state index is 0.462. The van der Waals surface area contributed by atoms with Crippen LogP contribution in [-0.2, 0) is 33.2 Å². The highest BCUT2D eigenvalue weighted by molar-refractivity contribution is 5.04. The molecule has 1 unspecified atom stereocenters. The normalized spacial score (nSPS) is 18.7. The van der Waals surface area contributed by atoms with Gasteiger partial charge < -0.3 is 4.57 Å². The van der Waals surface area contributed by atoms with Gasteiger partial charge in [0.25, 0.3) is 0 Å². The van der Waals surface area contributed by atoms with E-state index >= 15 is 0 Å². The van der Waals surface area contributed by atoms with E-state index in [0.717, 1.165) is 38.5 Å². The summed E-state index contributed by atoms with van der Waals surface area (Å²) in [7, 11) is 1.95. The Bertz CT molecular complexity index is 756. The van der Waals surface area contributed by atoms with Gasteiger partial charge in [0.05, 0.1) is 12.7 Å². The molecule has 8 heteroatoms. The van der Waals surface area contributed by atoms with Crippen LogP contribution in [0.3, 0.4) is 0 Å². The molecule has 1 atom stereocenters. The number of nitrogens with zero attached hydrogens (tertiary/aromatic N) is 8. The van der Waals surface area contributed by atoms with Crippen LogP contribution >= 0.6 is 0 Å². The number of fused-ring (bicyclic) bond motifs is 1. The van der Waals surface area contributed by atoms with Crippen LogP contribution < -0.4 is 0 Å². The number of hydrogen-bond donors (Lipinski definition) is 0. The summed E-state index contributed by atoms with van der Waals surface area (Å²) < 4.78 is 6.01. The van der Waals surface area contributed by atoms with Crippen molar-refractivity contribution in [1.82, 2.24) is 39.0 Å². The Hall–Kier alpha value is -2.48. The minimum atomic E-state index is 0.462. The Morgan fingerprint density at radius 1 is 1.26 bits per heavy atom. The molecule has 3 aromatic heterocycles. The van der Waals surface area contributed by atoms with Gasteiger partial charge in [0.15, 0.2) is 0 Å². The molecule has 3 aromatic rings. The number of hydrogen-bond acceptors (Lipinski definition) is 5. The lowest BCUT2D eigenvalue weighted by Gasteiger charge is -2.23. The first-order valence-electron chi connectivity index (χ1n) is 7.78. The van der Waals surface area contributed by atoms with E-state index < -0.39 is 0 Å². The summed E-state index contributed by atoms with van der Waals surface area (Å²) in [6, 6.07) is 0. The molecule has 1 aliphatic heterocycles. The van der Waals surface area contributed by atoms with Gasteiger partial charge in [-0.1, -0.05) is 0 Å². The van der Waals surface area contributed by atoms with Crippen molar-refractivity contribution < 1.29 is 0 Å². The molecular weight excluding hydrogens is 292 g/mol. The van der Waals surface area contributed by atoms with Crippen LogP contribution in [0, 0.1) is 5.92 Å². The summed E-state index contributed by atoms with van der Waals surface area (Å²) in [6.07, 6.45) is 11.3. The molecule has 0 amide bonds. The van der Waals surface area contributed by atoms with E-state index in [1.807, 2.05) is 28.8 Å². The van der Waals surface area contributed by atoms with Crippen LogP contribution in [0.5, 0.6) is 0 Å². The molecule has 0 saturated carbocycles. The average molecular weight is 312 g/mol. The molecule has 0 aromatic carbocycles. The van der Waals surface area contributed by atoms with Crippen molar-refractivity contribution in [2.24, 2.45) is 13.0 Å². The van der Waals surface area contributed by atoms with Crippen LogP contribution in [0.1, 0.15) is 11.4 Å². The van der Waals surface area contributed by atoms with Gasteiger partial charge in [0, 0.05) is 63.3 Å². The Balaban J connectivity index is 1.54. The highest BCUT2D eigenvalue weighted by Gasteiger charge is 2.23. The van der Waals surface area contributed by atoms with Crippen molar-refractivity contribution in [2.75, 3.05) is 6.54 Å². The van der Waals surface area contributed by atoms with Gasteiger partial charge in [-0.3, -0.25) is 14.3 Å². The first-order valence-corrected chi connectivity index (χ1v) is 7.78.